The molecule has 1 atom stereocenters. The van der Waals surface area contributed by atoms with Gasteiger partial charge in [0.25, 0.3) is 0 Å². The fourth-order valence-electron chi connectivity index (χ4n) is 1.87. The van der Waals surface area contributed by atoms with Crippen molar-refractivity contribution in [3.63, 3.8) is 0 Å². The van der Waals surface area contributed by atoms with Crippen molar-refractivity contribution in [2.75, 3.05) is 27.8 Å². The smallest absolute Gasteiger partial charge is 0.317 e. The average molecular weight is 267 g/mol. The maximum Gasteiger partial charge on any atom is 0.317 e. The number of nitrogens with zero attached hydrogens (tertiary/aromatic N) is 1. The van der Waals surface area contributed by atoms with E-state index in [4.69, 9.17) is 14.6 Å². The molecule has 0 bridgehead atoms. The lowest BCUT2D eigenvalue weighted by Crippen LogP contribution is -2.35. The summed E-state index contributed by atoms with van der Waals surface area (Å²) in [4.78, 5) is 12.5. The highest BCUT2D eigenvalue weighted by atomic mass is 16.5. The molecule has 0 fully saturated rings. The molecular formula is C14H21NO4. The predicted octanol–water partition coefficient (Wildman–Crippen LogP) is 1.65. The van der Waals surface area contributed by atoms with Gasteiger partial charge in [-0.25, -0.2) is 0 Å². The lowest BCUT2D eigenvalue weighted by Gasteiger charge is -2.23. The van der Waals surface area contributed by atoms with Gasteiger partial charge in [-0.05, 0) is 38.1 Å². The van der Waals surface area contributed by atoms with Gasteiger partial charge >= 0.3 is 5.97 Å². The summed E-state index contributed by atoms with van der Waals surface area (Å²) in [6.07, 6.45) is 0.754. The summed E-state index contributed by atoms with van der Waals surface area (Å²) in [6, 6.07) is 5.88. The molecule has 1 aromatic rings. The Kier molecular flexibility index (Phi) is 5.63. The molecule has 0 aromatic heterocycles. The van der Waals surface area contributed by atoms with Crippen molar-refractivity contribution < 1.29 is 19.4 Å². The number of rotatable bonds is 7. The monoisotopic (exact) mass is 267 g/mol. The largest absolute Gasteiger partial charge is 0.493 e. The van der Waals surface area contributed by atoms with Gasteiger partial charge in [0.05, 0.1) is 20.8 Å². The molecule has 0 radical (unpaired) electrons. The van der Waals surface area contributed by atoms with E-state index in [0.717, 1.165) is 12.0 Å². The number of methoxy groups -OCH3 is 2. The van der Waals surface area contributed by atoms with Crippen LogP contribution in [0.4, 0.5) is 0 Å². The van der Waals surface area contributed by atoms with Crippen molar-refractivity contribution in [2.24, 2.45) is 0 Å². The van der Waals surface area contributed by atoms with Crippen LogP contribution < -0.4 is 9.47 Å². The van der Waals surface area contributed by atoms with Crippen molar-refractivity contribution in [1.82, 2.24) is 4.90 Å². The molecule has 0 amide bonds. The molecule has 1 N–H and O–H groups in total. The third-order valence-corrected chi connectivity index (χ3v) is 3.12. The minimum atomic E-state index is -0.818. The molecule has 0 aliphatic heterocycles. The second-order valence-electron chi connectivity index (χ2n) is 4.55. The topological polar surface area (TPSA) is 59.0 Å². The van der Waals surface area contributed by atoms with E-state index in [0.29, 0.717) is 11.5 Å². The third kappa shape index (κ3) is 4.44. The van der Waals surface area contributed by atoms with Crippen molar-refractivity contribution in [3.8, 4) is 11.5 Å². The van der Waals surface area contributed by atoms with Gasteiger partial charge < -0.3 is 14.6 Å². The quantitative estimate of drug-likeness (QED) is 0.814. The Morgan fingerprint density at radius 2 is 1.95 bits per heavy atom. The summed E-state index contributed by atoms with van der Waals surface area (Å²) in [5, 5.41) is 8.77. The van der Waals surface area contributed by atoms with E-state index in [1.165, 1.54) is 0 Å². The molecule has 0 saturated heterocycles. The third-order valence-electron chi connectivity index (χ3n) is 3.12. The van der Waals surface area contributed by atoms with Crippen LogP contribution in [0.3, 0.4) is 0 Å². The zero-order valence-corrected chi connectivity index (χ0v) is 11.8. The number of benzene rings is 1. The SMILES string of the molecule is COc1ccc(CC(C)N(C)CC(=O)O)cc1OC. The number of carboxylic acid groups (broad SMARTS) is 1. The van der Waals surface area contributed by atoms with Gasteiger partial charge in [-0.1, -0.05) is 6.07 Å². The minimum absolute atomic E-state index is 0.0362. The Morgan fingerprint density at radius 1 is 1.32 bits per heavy atom. The fourth-order valence-corrected chi connectivity index (χ4v) is 1.87. The summed E-state index contributed by atoms with van der Waals surface area (Å²) in [6.45, 7) is 2.04. The second-order valence-corrected chi connectivity index (χ2v) is 4.55. The number of carboxylic acids is 1. The highest BCUT2D eigenvalue weighted by Gasteiger charge is 2.14. The van der Waals surface area contributed by atoms with Crippen molar-refractivity contribution in [2.45, 2.75) is 19.4 Å². The first-order valence-corrected chi connectivity index (χ1v) is 6.10. The van der Waals surface area contributed by atoms with Gasteiger partial charge in [0.1, 0.15) is 0 Å². The highest BCUT2D eigenvalue weighted by molar-refractivity contribution is 5.69. The van der Waals surface area contributed by atoms with Crippen LogP contribution in [-0.4, -0.2) is 49.8 Å². The summed E-state index contributed by atoms with van der Waals surface area (Å²) in [5.41, 5.74) is 1.09. The van der Waals surface area contributed by atoms with Crippen LogP contribution in [0.1, 0.15) is 12.5 Å². The zero-order chi connectivity index (χ0) is 14.4. The normalized spacial score (nSPS) is 12.3. The van der Waals surface area contributed by atoms with E-state index in [2.05, 4.69) is 0 Å². The lowest BCUT2D eigenvalue weighted by atomic mass is 10.1. The average Bonchev–Trinajstić information content (AvgIpc) is 2.37. The summed E-state index contributed by atoms with van der Waals surface area (Å²) < 4.78 is 10.4. The Bertz CT molecular complexity index is 433. The van der Waals surface area contributed by atoms with Crippen LogP contribution in [0, 0.1) is 0 Å². The molecule has 5 nitrogen and oxygen atoms in total. The summed E-state index contributed by atoms with van der Waals surface area (Å²) >= 11 is 0. The Hall–Kier alpha value is -1.75. The minimum Gasteiger partial charge on any atom is -0.493 e. The van der Waals surface area contributed by atoms with Gasteiger partial charge in [-0.2, -0.15) is 0 Å². The van der Waals surface area contributed by atoms with Gasteiger partial charge in [-0.15, -0.1) is 0 Å². The molecule has 5 heteroatoms. The van der Waals surface area contributed by atoms with E-state index < -0.39 is 5.97 Å². The Morgan fingerprint density at radius 3 is 2.47 bits per heavy atom. The highest BCUT2D eigenvalue weighted by Crippen LogP contribution is 2.28. The van der Waals surface area contributed by atoms with E-state index in [9.17, 15) is 4.79 Å². The van der Waals surface area contributed by atoms with E-state index in [-0.39, 0.29) is 12.6 Å². The van der Waals surface area contributed by atoms with Gasteiger partial charge in [-0.3, -0.25) is 9.69 Å². The molecular weight excluding hydrogens is 246 g/mol. The molecule has 0 aliphatic carbocycles. The van der Waals surface area contributed by atoms with Crippen LogP contribution in [0.15, 0.2) is 18.2 Å². The molecule has 106 valence electrons. The molecule has 1 rings (SSSR count). The number of hydrogen-bond donors (Lipinski definition) is 1. The maximum absolute atomic E-state index is 10.7. The molecule has 19 heavy (non-hydrogen) atoms. The first-order valence-electron chi connectivity index (χ1n) is 6.10. The standard InChI is InChI=1S/C14H21NO4/c1-10(15(2)9-14(16)17)7-11-5-6-12(18-3)13(8-11)19-4/h5-6,8,10H,7,9H2,1-4H3,(H,16,17). The second kappa shape index (κ2) is 6.99. The summed E-state index contributed by atoms with van der Waals surface area (Å²) in [5.74, 6) is 0.563. The number of hydrogen-bond acceptors (Lipinski definition) is 4. The maximum atomic E-state index is 10.7. The lowest BCUT2D eigenvalue weighted by molar-refractivity contribution is -0.138. The van der Waals surface area contributed by atoms with Crippen LogP contribution >= 0.6 is 0 Å². The van der Waals surface area contributed by atoms with E-state index in [1.807, 2.05) is 25.1 Å². The summed E-state index contributed by atoms with van der Waals surface area (Å²) in [7, 11) is 5.00. The molecule has 0 spiro atoms. The molecule has 0 aliphatic rings. The van der Waals surface area contributed by atoms with E-state index >= 15 is 0 Å². The van der Waals surface area contributed by atoms with Crippen molar-refractivity contribution in [3.05, 3.63) is 23.8 Å². The molecule has 0 saturated carbocycles. The van der Waals surface area contributed by atoms with Crippen molar-refractivity contribution in [1.29, 1.82) is 0 Å². The van der Waals surface area contributed by atoms with Gasteiger partial charge in [0.15, 0.2) is 11.5 Å². The van der Waals surface area contributed by atoms with Gasteiger partial charge in [0.2, 0.25) is 0 Å². The van der Waals surface area contributed by atoms with Crippen LogP contribution in [0.25, 0.3) is 0 Å². The van der Waals surface area contributed by atoms with Gasteiger partial charge in [0, 0.05) is 6.04 Å². The van der Waals surface area contributed by atoms with Crippen LogP contribution in [0.5, 0.6) is 11.5 Å². The predicted molar refractivity (Wildman–Crippen MR) is 73.0 cm³/mol. The number of likely N-dealkylation sites (N-methyl/N-ethyl adjacent to an activating group) is 1. The number of ether oxygens (including phenoxy) is 2. The van der Waals surface area contributed by atoms with Crippen LogP contribution in [-0.2, 0) is 11.2 Å². The number of carbonyl (C=O) groups is 1. The molecule has 0 heterocycles. The fraction of sp³-hybridized carbons (Fsp3) is 0.500. The number of aliphatic carboxylic acids is 1. The first-order chi connectivity index (χ1) is 8.97. The Labute approximate surface area is 113 Å². The van der Waals surface area contributed by atoms with Crippen LogP contribution in [0.2, 0.25) is 0 Å². The molecule has 1 unspecified atom stereocenters. The first kappa shape index (κ1) is 15.3. The zero-order valence-electron chi connectivity index (χ0n) is 11.8. The van der Waals surface area contributed by atoms with Crippen molar-refractivity contribution >= 4 is 5.97 Å². The molecule has 1 aromatic carbocycles. The van der Waals surface area contributed by atoms with E-state index in [1.54, 1.807) is 26.2 Å². The Balaban J connectivity index is 2.73.